The molecule has 168 valence electrons. The summed E-state index contributed by atoms with van der Waals surface area (Å²) in [6, 6.07) is 17.2. The number of pyridine rings is 1. The van der Waals surface area contributed by atoms with E-state index in [1.54, 1.807) is 42.6 Å². The molecule has 0 saturated carbocycles. The highest BCUT2D eigenvalue weighted by atomic mass is 16.5. The van der Waals surface area contributed by atoms with Gasteiger partial charge in [-0.15, -0.1) is 0 Å². The Kier molecular flexibility index (Phi) is 6.27. The van der Waals surface area contributed by atoms with Crippen molar-refractivity contribution in [1.29, 1.82) is 0 Å². The molecule has 6 nitrogen and oxygen atoms in total. The number of hydrogen-bond donors (Lipinski definition) is 1. The van der Waals surface area contributed by atoms with Crippen molar-refractivity contribution in [3.05, 3.63) is 94.7 Å². The van der Waals surface area contributed by atoms with Gasteiger partial charge in [0.15, 0.2) is 0 Å². The summed E-state index contributed by atoms with van der Waals surface area (Å²) in [5.74, 6) is -0.614. The summed E-state index contributed by atoms with van der Waals surface area (Å²) in [6.45, 7) is 6.46. The number of anilines is 1. The smallest absolute Gasteiger partial charge is 0.301 e. The fraction of sp³-hybridized carbons (Fsp3) is 0.222. The van der Waals surface area contributed by atoms with Crippen molar-refractivity contribution in [1.82, 2.24) is 4.98 Å². The van der Waals surface area contributed by atoms with Crippen molar-refractivity contribution >= 4 is 23.3 Å². The topological polar surface area (TPSA) is 79.7 Å². The van der Waals surface area contributed by atoms with Gasteiger partial charge in [-0.05, 0) is 61.7 Å². The number of ketones is 1. The third kappa shape index (κ3) is 4.24. The summed E-state index contributed by atoms with van der Waals surface area (Å²) in [5, 5.41) is 11.3. The molecule has 1 aliphatic rings. The fourth-order valence-electron chi connectivity index (χ4n) is 3.96. The Morgan fingerprint density at radius 1 is 1.06 bits per heavy atom. The number of rotatable bonds is 6. The number of ether oxygens (including phenoxy) is 1. The highest BCUT2D eigenvalue weighted by molar-refractivity contribution is 6.51. The van der Waals surface area contributed by atoms with Crippen molar-refractivity contribution < 1.29 is 19.4 Å². The molecule has 6 heteroatoms. The quantitative estimate of drug-likeness (QED) is 0.326. The summed E-state index contributed by atoms with van der Waals surface area (Å²) in [5.41, 5.74) is 3.08. The molecule has 0 radical (unpaired) electrons. The minimum Gasteiger partial charge on any atom is -0.507 e. The molecule has 1 aliphatic heterocycles. The Balaban J connectivity index is 1.86. The molecule has 0 aliphatic carbocycles. The van der Waals surface area contributed by atoms with Crippen LogP contribution in [0.4, 0.5) is 5.82 Å². The minimum atomic E-state index is -0.795. The van der Waals surface area contributed by atoms with Crippen molar-refractivity contribution in [2.75, 3.05) is 11.5 Å². The number of amides is 1. The lowest BCUT2D eigenvalue weighted by Gasteiger charge is -2.24. The minimum absolute atomic E-state index is 0.0381. The number of aromatic nitrogens is 1. The number of carbonyl (C=O) groups is 2. The van der Waals surface area contributed by atoms with Gasteiger partial charge in [0, 0.05) is 11.8 Å². The number of aliphatic hydroxyl groups excluding tert-OH is 1. The van der Waals surface area contributed by atoms with E-state index >= 15 is 0 Å². The van der Waals surface area contributed by atoms with Crippen LogP contribution in [0.25, 0.3) is 5.76 Å². The van der Waals surface area contributed by atoms with Crippen LogP contribution in [0, 0.1) is 13.8 Å². The molecule has 1 fully saturated rings. The second-order valence-electron chi connectivity index (χ2n) is 8.10. The summed E-state index contributed by atoms with van der Waals surface area (Å²) < 4.78 is 5.73. The number of aryl methyl sites for hydroxylation is 2. The lowest BCUT2D eigenvalue weighted by atomic mass is 9.94. The number of benzene rings is 2. The van der Waals surface area contributed by atoms with Crippen LogP contribution in [-0.2, 0) is 9.59 Å². The molecule has 2 heterocycles. The Morgan fingerprint density at radius 2 is 1.82 bits per heavy atom. The maximum atomic E-state index is 13.2. The van der Waals surface area contributed by atoms with Gasteiger partial charge in [0.2, 0.25) is 0 Å². The van der Waals surface area contributed by atoms with E-state index in [4.69, 9.17) is 4.74 Å². The van der Waals surface area contributed by atoms with E-state index < -0.39 is 17.7 Å². The summed E-state index contributed by atoms with van der Waals surface area (Å²) >= 11 is 0. The Labute approximate surface area is 193 Å². The number of aliphatic hydroxyl groups is 1. The third-order valence-electron chi connectivity index (χ3n) is 5.64. The zero-order valence-corrected chi connectivity index (χ0v) is 18.9. The van der Waals surface area contributed by atoms with Gasteiger partial charge < -0.3 is 9.84 Å². The van der Waals surface area contributed by atoms with Crippen molar-refractivity contribution in [2.24, 2.45) is 0 Å². The first-order chi connectivity index (χ1) is 15.9. The van der Waals surface area contributed by atoms with E-state index in [0.29, 0.717) is 23.6 Å². The van der Waals surface area contributed by atoms with Gasteiger partial charge in [-0.25, -0.2) is 4.98 Å². The van der Waals surface area contributed by atoms with Crippen LogP contribution in [0.3, 0.4) is 0 Å². The highest BCUT2D eigenvalue weighted by Crippen LogP contribution is 2.41. The van der Waals surface area contributed by atoms with Crippen molar-refractivity contribution in [2.45, 2.75) is 33.2 Å². The van der Waals surface area contributed by atoms with E-state index in [1.165, 1.54) is 4.90 Å². The number of carbonyl (C=O) groups excluding carboxylic acids is 2. The van der Waals surface area contributed by atoms with Crippen LogP contribution in [0.5, 0.6) is 5.75 Å². The fourth-order valence-corrected chi connectivity index (χ4v) is 3.96. The second kappa shape index (κ2) is 9.28. The maximum absolute atomic E-state index is 13.2. The van der Waals surface area contributed by atoms with E-state index in [0.717, 1.165) is 23.3 Å². The van der Waals surface area contributed by atoms with Crippen LogP contribution in [0.15, 0.2) is 72.4 Å². The molecule has 1 saturated heterocycles. The molecule has 1 amide bonds. The standard InChI is InChI=1S/C27H26N2O4/c1-4-15-33-21-13-12-20(16-18(21)3)25(30)23-24(19-10-8-17(2)9-11-19)29(27(32)26(23)31)22-7-5-6-14-28-22/h5-14,16,24,30H,4,15H2,1-3H3/t24-/m0/s1. The molecule has 1 atom stereocenters. The highest BCUT2D eigenvalue weighted by Gasteiger charge is 2.47. The summed E-state index contributed by atoms with van der Waals surface area (Å²) in [7, 11) is 0. The van der Waals surface area contributed by atoms with Gasteiger partial charge in [0.1, 0.15) is 17.3 Å². The van der Waals surface area contributed by atoms with Crippen molar-refractivity contribution in [3.63, 3.8) is 0 Å². The van der Waals surface area contributed by atoms with Gasteiger partial charge in [-0.2, -0.15) is 0 Å². The number of nitrogens with zero attached hydrogens (tertiary/aromatic N) is 2. The predicted molar refractivity (Wildman–Crippen MR) is 127 cm³/mol. The molecule has 0 bridgehead atoms. The molecule has 0 unspecified atom stereocenters. The Bertz CT molecular complexity index is 1220. The molecule has 33 heavy (non-hydrogen) atoms. The van der Waals surface area contributed by atoms with Gasteiger partial charge in [-0.3, -0.25) is 14.5 Å². The number of Topliss-reactive ketones (excluding diaryl/α,β-unsaturated/α-hetero) is 1. The average molecular weight is 443 g/mol. The van der Waals surface area contributed by atoms with E-state index in [-0.39, 0.29) is 11.3 Å². The van der Waals surface area contributed by atoms with Crippen molar-refractivity contribution in [3.8, 4) is 5.75 Å². The first kappa shape index (κ1) is 22.3. The van der Waals surface area contributed by atoms with E-state index in [2.05, 4.69) is 4.98 Å². The molecule has 0 spiro atoms. The van der Waals surface area contributed by atoms with Gasteiger partial charge in [0.05, 0.1) is 18.2 Å². The normalized spacial score (nSPS) is 17.4. The Morgan fingerprint density at radius 3 is 2.45 bits per heavy atom. The largest absolute Gasteiger partial charge is 0.507 e. The summed E-state index contributed by atoms with van der Waals surface area (Å²) in [6.07, 6.45) is 2.45. The van der Waals surface area contributed by atoms with Gasteiger partial charge >= 0.3 is 5.91 Å². The molecule has 1 N–H and O–H groups in total. The monoisotopic (exact) mass is 442 g/mol. The first-order valence-corrected chi connectivity index (χ1v) is 10.9. The Hall–Kier alpha value is -3.93. The second-order valence-corrected chi connectivity index (χ2v) is 8.10. The van der Waals surface area contributed by atoms with Crippen LogP contribution in [0.1, 0.15) is 41.6 Å². The molecule has 1 aromatic heterocycles. The zero-order chi connectivity index (χ0) is 23.5. The van der Waals surface area contributed by atoms with Crippen LogP contribution < -0.4 is 9.64 Å². The molecular weight excluding hydrogens is 416 g/mol. The van der Waals surface area contributed by atoms with Gasteiger partial charge in [-0.1, -0.05) is 42.8 Å². The van der Waals surface area contributed by atoms with E-state index in [9.17, 15) is 14.7 Å². The predicted octanol–water partition coefficient (Wildman–Crippen LogP) is 5.11. The van der Waals surface area contributed by atoms with Gasteiger partial charge in [0.25, 0.3) is 5.78 Å². The molecule has 2 aromatic carbocycles. The first-order valence-electron chi connectivity index (χ1n) is 10.9. The average Bonchev–Trinajstić information content (AvgIpc) is 3.09. The van der Waals surface area contributed by atoms with Crippen LogP contribution in [0.2, 0.25) is 0 Å². The lowest BCUT2D eigenvalue weighted by molar-refractivity contribution is -0.132. The van der Waals surface area contributed by atoms with Crippen LogP contribution in [-0.4, -0.2) is 28.4 Å². The SMILES string of the molecule is CCCOc1ccc(C(O)=C2C(=O)C(=O)N(c3ccccn3)[C@H]2c2ccc(C)cc2)cc1C. The maximum Gasteiger partial charge on any atom is 0.301 e. The molecular formula is C27H26N2O4. The zero-order valence-electron chi connectivity index (χ0n) is 18.9. The third-order valence-corrected chi connectivity index (χ3v) is 5.64. The summed E-state index contributed by atoms with van der Waals surface area (Å²) in [4.78, 5) is 31.9. The lowest BCUT2D eigenvalue weighted by Crippen LogP contribution is -2.30. The molecule has 3 aromatic rings. The number of hydrogen-bond acceptors (Lipinski definition) is 5. The molecule has 4 rings (SSSR count). The van der Waals surface area contributed by atoms with Crippen LogP contribution >= 0.6 is 0 Å². The van der Waals surface area contributed by atoms with E-state index in [1.807, 2.05) is 45.0 Å².